The number of thiazole rings is 2. The number of nitrogen functional groups attached to an aromatic ring is 1. The van der Waals surface area contributed by atoms with Gasteiger partial charge < -0.3 is 49.1 Å². The SMILES string of the molecule is CC(=O)[O-].COC(=O)c1cccc(-c2ncc(C)cn2)c1.COC(=O)c1cccc(-c2noc(C)n2)c1.COC(=O)c1cccc(C(=N)N)c1.Cc1cnc(-c2cccc(CN3N=C(c4nccs4)CSC3=O)c2)nc1.Cc1cnc(-c2cccc(CO)c2)nc1.Cc1nc(-c2cccc(C(=O)O)c2)no1.O=C1NN=C(c2nccs2)CS1. The maximum Gasteiger partial charge on any atom is 0.337 e. The number of carboxylic acid groups (broad SMARTS) is 2. The minimum atomic E-state index is -1.08. The number of aromatic carboxylic acids is 1. The molecule has 9 heterocycles. The number of methoxy groups -OCH3 is 3. The van der Waals surface area contributed by atoms with E-state index in [4.69, 9.17) is 40.3 Å². The standard InChI is InChI=1S/C18H15N5OS2.C13H12N2O2.C12H12N2O.C11H10N2O3.C10H8N2O3.C9H10N2O2.C6H5N3OS2.C2H4O2/c1-12-8-20-16(21-9-12)14-4-2-3-13(7-14)10-23-18(24)26-11-15(22-23)17-19-5-6-25-17;1-9-7-14-12(15-8-9)10-4-3-5-11(6-10)13(16)17-2;1-9-6-13-12(14-7-9)11-4-2-3-10(5-11)8-15;1-7-12-10(13-16-7)8-4-3-5-9(6-8)11(14)15-2;1-6-11-9(12-15-6)7-3-2-4-8(5-7)10(13)14;1-13-9(12)7-4-2-3-6(5-7)8(10)11;10-6-9-8-4(3-12-6)5-7-1-2-11-5;1-2(3)4/h2-9H,10-11H2,1H3;3-8H,1-2H3;2-7,15H,8H2,1H3;3-6H,1-2H3;2-5H,1H3,(H,13,14);2-5H,1H3,(H3,10,11);1-2H,3H2,(H,9,10);1H3,(H,3,4)/p-1. The number of hydrogen-bond acceptors (Lipinski definition) is 33. The monoisotopic (exact) mass is 1670 g/mol. The number of carboxylic acids is 2. The Balaban J connectivity index is 0.000000173. The third-order valence-electron chi connectivity index (χ3n) is 15.1. The van der Waals surface area contributed by atoms with E-state index in [9.17, 15) is 28.8 Å². The van der Waals surface area contributed by atoms with Crippen LogP contribution in [0.5, 0.6) is 0 Å². The lowest BCUT2D eigenvalue weighted by Gasteiger charge is -2.22. The number of carbonyl (C=O) groups excluding carboxylic acids is 6. The third-order valence-corrected chi connectivity index (χ3v) is 18.4. The molecule has 37 heteroatoms. The Bertz CT molecular complexity index is 5620. The summed E-state index contributed by atoms with van der Waals surface area (Å²) < 4.78 is 23.5. The van der Waals surface area contributed by atoms with Gasteiger partial charge in [0.2, 0.25) is 23.4 Å². The number of esters is 3. The maximum atomic E-state index is 12.2. The molecule has 0 aliphatic carbocycles. The Morgan fingerprint density at radius 3 is 1.28 bits per heavy atom. The molecule has 2 aliphatic rings. The summed E-state index contributed by atoms with van der Waals surface area (Å²) in [6.45, 7) is 10.6. The average Bonchev–Trinajstić information content (AvgIpc) is 1.63. The van der Waals surface area contributed by atoms with Crippen molar-refractivity contribution < 1.29 is 72.1 Å². The molecule has 13 aromatic rings. The number of aryl methyl sites for hydroxylation is 5. The first-order valence-electron chi connectivity index (χ1n) is 34.8. The molecule has 0 atom stereocenters. The largest absolute Gasteiger partial charge is 0.550 e. The van der Waals surface area contributed by atoms with Crippen LogP contribution in [-0.2, 0) is 32.2 Å². The molecular weight excluding hydrogens is 1590 g/mol. The zero-order chi connectivity index (χ0) is 85.0. The van der Waals surface area contributed by atoms with Crippen LogP contribution in [0, 0.1) is 40.0 Å². The van der Waals surface area contributed by atoms with E-state index in [0.717, 1.165) is 78.4 Å². The molecule has 604 valence electrons. The number of amides is 2. The second-order valence-corrected chi connectivity index (χ2v) is 27.8. The van der Waals surface area contributed by atoms with E-state index in [2.05, 4.69) is 90.0 Å². The maximum absolute atomic E-state index is 12.2. The topological polar surface area (TPSA) is 482 Å². The van der Waals surface area contributed by atoms with Crippen molar-refractivity contribution in [3.8, 4) is 56.9 Å². The van der Waals surface area contributed by atoms with Crippen LogP contribution in [0.3, 0.4) is 0 Å². The van der Waals surface area contributed by atoms with Crippen LogP contribution in [0.15, 0.2) is 225 Å². The van der Waals surface area contributed by atoms with Crippen molar-refractivity contribution in [2.24, 2.45) is 15.9 Å². The number of hydrazone groups is 2. The molecule has 118 heavy (non-hydrogen) atoms. The van der Waals surface area contributed by atoms with Gasteiger partial charge in [0.1, 0.15) is 27.3 Å². The highest BCUT2D eigenvalue weighted by Gasteiger charge is 2.24. The van der Waals surface area contributed by atoms with Crippen molar-refractivity contribution in [1.82, 2.24) is 70.6 Å². The highest BCUT2D eigenvalue weighted by atomic mass is 32.2. The predicted molar refractivity (Wildman–Crippen MR) is 442 cm³/mol. The lowest BCUT2D eigenvalue weighted by Crippen LogP contribution is -2.29. The van der Waals surface area contributed by atoms with Gasteiger partial charge in [-0.3, -0.25) is 15.0 Å². The zero-order valence-corrected chi connectivity index (χ0v) is 67.8. The molecule has 0 bridgehead atoms. The van der Waals surface area contributed by atoms with Crippen LogP contribution in [0.25, 0.3) is 56.9 Å². The quantitative estimate of drug-likeness (QED) is 0.0275. The van der Waals surface area contributed by atoms with E-state index in [1.54, 1.807) is 136 Å². The van der Waals surface area contributed by atoms with Crippen LogP contribution in [-0.4, -0.2) is 166 Å². The summed E-state index contributed by atoms with van der Waals surface area (Å²) in [5, 5.41) is 56.6. The molecule has 0 unspecified atom stereocenters. The molecule has 15 rings (SSSR count). The number of thioether (sulfide) groups is 2. The van der Waals surface area contributed by atoms with Crippen molar-refractivity contribution >= 4 is 104 Å². The first-order valence-corrected chi connectivity index (χ1v) is 38.5. The molecule has 0 radical (unpaired) electrons. The Morgan fingerprint density at radius 2 is 0.890 bits per heavy atom. The molecule has 0 spiro atoms. The first kappa shape index (κ1) is 89.4. The molecule has 33 nitrogen and oxygen atoms in total. The molecule has 2 amide bonds. The predicted octanol–water partition coefficient (Wildman–Crippen LogP) is 12.6. The van der Waals surface area contributed by atoms with Crippen molar-refractivity contribution in [2.45, 2.75) is 54.7 Å². The number of nitrogens with one attached hydrogen (secondary N) is 2. The summed E-state index contributed by atoms with van der Waals surface area (Å²) in [6.07, 6.45) is 14.1. The van der Waals surface area contributed by atoms with E-state index in [-0.39, 0.29) is 40.4 Å². The number of aromatic nitrogens is 12. The number of nitrogens with two attached hydrogens (primary N) is 1. The summed E-state index contributed by atoms with van der Waals surface area (Å²) in [5.74, 6) is 1.62. The number of rotatable bonds is 15. The molecule has 2 aliphatic heterocycles. The van der Waals surface area contributed by atoms with E-state index in [0.29, 0.717) is 86.8 Å². The van der Waals surface area contributed by atoms with Crippen LogP contribution in [0.1, 0.15) is 104 Å². The Hall–Kier alpha value is -14.1. The molecule has 6 aromatic carbocycles. The van der Waals surface area contributed by atoms with Crippen LogP contribution < -0.4 is 16.3 Å². The van der Waals surface area contributed by atoms with E-state index in [1.165, 1.54) is 90.7 Å². The van der Waals surface area contributed by atoms with Gasteiger partial charge in [0.05, 0.1) is 68.2 Å². The van der Waals surface area contributed by atoms with Crippen LogP contribution in [0.4, 0.5) is 9.59 Å². The van der Waals surface area contributed by atoms with Crippen molar-refractivity contribution in [2.75, 3.05) is 32.8 Å². The van der Waals surface area contributed by atoms with Gasteiger partial charge in [0.25, 0.3) is 5.24 Å². The molecule has 0 fully saturated rings. The zero-order valence-electron chi connectivity index (χ0n) is 64.6. The van der Waals surface area contributed by atoms with Gasteiger partial charge in [-0.25, -0.2) is 69.5 Å². The van der Waals surface area contributed by atoms with Crippen LogP contribution >= 0.6 is 46.2 Å². The highest BCUT2D eigenvalue weighted by Crippen LogP contribution is 2.26. The summed E-state index contributed by atoms with van der Waals surface area (Å²) in [7, 11) is 4.01. The Labute approximate surface area is 691 Å². The van der Waals surface area contributed by atoms with Gasteiger partial charge in [-0.15, -0.1) is 22.7 Å². The van der Waals surface area contributed by atoms with Gasteiger partial charge in [0, 0.05) is 114 Å². The van der Waals surface area contributed by atoms with Gasteiger partial charge in [-0.1, -0.05) is 119 Å². The van der Waals surface area contributed by atoms with Crippen molar-refractivity contribution in [3.05, 3.63) is 283 Å². The fourth-order valence-corrected chi connectivity index (χ4v) is 12.3. The van der Waals surface area contributed by atoms with Crippen LogP contribution in [0.2, 0.25) is 0 Å². The van der Waals surface area contributed by atoms with Gasteiger partial charge in [0.15, 0.2) is 17.5 Å². The molecule has 0 saturated heterocycles. The lowest BCUT2D eigenvalue weighted by molar-refractivity contribution is -0.302. The molecule has 7 aromatic heterocycles. The number of aliphatic hydroxyl groups is 1. The second-order valence-electron chi connectivity index (χ2n) is 24.2. The highest BCUT2D eigenvalue weighted by molar-refractivity contribution is 8.14. The molecular formula is C81H75N18O15S4-. The number of benzene rings is 6. The first-order chi connectivity index (χ1) is 56.8. The minimum absolute atomic E-state index is 0.0414. The Kier molecular flexibility index (Phi) is 34.6. The van der Waals surface area contributed by atoms with E-state index in [1.807, 2.05) is 86.1 Å². The normalized spacial score (nSPS) is 11.6. The summed E-state index contributed by atoms with van der Waals surface area (Å²) in [5.41, 5.74) is 20.3. The molecule has 6 N–H and O–H groups in total. The minimum Gasteiger partial charge on any atom is -0.550 e. The van der Waals surface area contributed by atoms with Crippen molar-refractivity contribution in [1.29, 1.82) is 5.41 Å². The third kappa shape index (κ3) is 28.4. The Morgan fingerprint density at radius 1 is 0.517 bits per heavy atom. The average molecular weight is 1670 g/mol. The number of nitrogens with zero attached hydrogens (tertiary/aromatic N) is 15. The number of ether oxygens (including phenoxy) is 3. The van der Waals surface area contributed by atoms with Gasteiger partial charge >= 0.3 is 29.1 Å². The second kappa shape index (κ2) is 45.7. The fourth-order valence-electron chi connectivity index (χ4n) is 9.56. The number of aliphatic carboxylic acids is 1. The van der Waals surface area contributed by atoms with Gasteiger partial charge in [-0.2, -0.15) is 20.2 Å². The van der Waals surface area contributed by atoms with Crippen molar-refractivity contribution in [3.63, 3.8) is 0 Å². The van der Waals surface area contributed by atoms with Gasteiger partial charge in [-0.05, 0) is 116 Å². The number of hydrogen-bond donors (Lipinski definition) is 5. The fraction of sp³-hybridized carbons (Fsp3) is 0.160. The van der Waals surface area contributed by atoms with E-state index >= 15 is 0 Å². The molecule has 0 saturated carbocycles. The number of amidine groups is 1. The summed E-state index contributed by atoms with van der Waals surface area (Å²) in [6, 6.07) is 42.3. The summed E-state index contributed by atoms with van der Waals surface area (Å²) >= 11 is 5.52. The lowest BCUT2D eigenvalue weighted by atomic mass is 10.1. The summed E-state index contributed by atoms with van der Waals surface area (Å²) in [4.78, 5) is 118. The van der Waals surface area contributed by atoms with E-state index < -0.39 is 17.9 Å². The smallest absolute Gasteiger partial charge is 0.337 e. The number of carbonyl (C=O) groups is 7. The number of aliphatic hydroxyl groups excluding tert-OH is 1.